The van der Waals surface area contributed by atoms with E-state index in [0.717, 1.165) is 16.7 Å². The number of carbonyl (C=O) groups excluding carboxylic acids is 2. The van der Waals surface area contributed by atoms with E-state index in [0.29, 0.717) is 31.6 Å². The van der Waals surface area contributed by atoms with Crippen molar-refractivity contribution < 1.29 is 18.0 Å². The van der Waals surface area contributed by atoms with E-state index in [1.807, 2.05) is 18.2 Å². The molecule has 2 fully saturated rings. The maximum absolute atomic E-state index is 13.0. The van der Waals surface area contributed by atoms with Crippen LogP contribution in [0.5, 0.6) is 0 Å². The Morgan fingerprint density at radius 3 is 2.14 bits per heavy atom. The number of nitrogens with zero attached hydrogens (tertiary/aromatic N) is 1. The minimum Gasteiger partial charge on any atom is -0.352 e. The molecule has 0 spiro atoms. The summed E-state index contributed by atoms with van der Waals surface area (Å²) >= 11 is 0. The van der Waals surface area contributed by atoms with E-state index in [2.05, 4.69) is 53.6 Å². The van der Waals surface area contributed by atoms with Crippen LogP contribution in [0.3, 0.4) is 0 Å². The van der Waals surface area contributed by atoms with E-state index in [1.54, 1.807) is 12.1 Å². The molecule has 1 heterocycles. The first-order valence-electron chi connectivity index (χ1n) is 12.3. The zero-order chi connectivity index (χ0) is 26.0. The fourth-order valence-corrected chi connectivity index (χ4v) is 6.48. The summed E-state index contributed by atoms with van der Waals surface area (Å²) in [6, 6.07) is 24.5. The number of hydrogen-bond donors (Lipinski definition) is 2. The molecule has 3 aromatic rings. The molecule has 7 nitrogen and oxygen atoms in total. The second-order valence-corrected chi connectivity index (χ2v) is 11.4. The first-order valence-corrected chi connectivity index (χ1v) is 13.8. The van der Waals surface area contributed by atoms with Gasteiger partial charge in [-0.05, 0) is 65.3 Å². The third-order valence-corrected chi connectivity index (χ3v) is 9.02. The number of nitrogens with one attached hydrogen (secondary N) is 2. The number of carbonyl (C=O) groups is 2. The topological polar surface area (TPSA) is 95.6 Å². The molecule has 2 atom stereocenters. The van der Waals surface area contributed by atoms with Gasteiger partial charge in [0, 0.05) is 31.2 Å². The molecule has 1 aliphatic carbocycles. The highest BCUT2D eigenvalue weighted by Gasteiger charge is 2.58. The molecule has 5 rings (SSSR count). The maximum Gasteiger partial charge on any atom is 0.251 e. The second kappa shape index (κ2) is 10.3. The van der Waals surface area contributed by atoms with Crippen LogP contribution in [0.2, 0.25) is 0 Å². The molecule has 0 aromatic heterocycles. The van der Waals surface area contributed by atoms with Crippen LogP contribution in [-0.2, 0) is 21.2 Å². The molecule has 1 saturated carbocycles. The Morgan fingerprint density at radius 2 is 1.51 bits per heavy atom. The van der Waals surface area contributed by atoms with Crippen molar-refractivity contribution in [3.63, 3.8) is 0 Å². The van der Waals surface area contributed by atoms with E-state index in [1.165, 1.54) is 22.5 Å². The fourth-order valence-electron chi connectivity index (χ4n) is 4.97. The van der Waals surface area contributed by atoms with Crippen molar-refractivity contribution in [3.05, 3.63) is 103 Å². The molecule has 190 valence electrons. The van der Waals surface area contributed by atoms with Crippen molar-refractivity contribution in [2.75, 3.05) is 19.6 Å². The highest BCUT2D eigenvalue weighted by Crippen LogP contribution is 2.47. The summed E-state index contributed by atoms with van der Waals surface area (Å²) in [7, 11) is -3.65. The van der Waals surface area contributed by atoms with Crippen LogP contribution in [0.4, 0.5) is 0 Å². The molecule has 0 bridgehead atoms. The summed E-state index contributed by atoms with van der Waals surface area (Å²) in [5.74, 6) is -0.201. The molecule has 2 unspecified atom stereocenters. The van der Waals surface area contributed by atoms with Gasteiger partial charge in [-0.1, -0.05) is 61.2 Å². The van der Waals surface area contributed by atoms with Gasteiger partial charge in [0.1, 0.15) is 0 Å². The molecule has 3 aromatic carbocycles. The van der Waals surface area contributed by atoms with Crippen molar-refractivity contribution in [1.29, 1.82) is 0 Å². The molecular formula is C29H29N3O4S. The number of rotatable bonds is 9. The molecule has 1 saturated heterocycles. The van der Waals surface area contributed by atoms with Crippen LogP contribution in [-0.4, -0.2) is 50.2 Å². The highest BCUT2D eigenvalue weighted by atomic mass is 32.2. The average molecular weight is 516 g/mol. The van der Waals surface area contributed by atoms with Gasteiger partial charge in [-0.25, -0.2) is 8.42 Å². The Labute approximate surface area is 217 Å². The number of piperidine rings is 1. The van der Waals surface area contributed by atoms with E-state index in [-0.39, 0.29) is 34.6 Å². The van der Waals surface area contributed by atoms with Crippen LogP contribution in [0.15, 0.2) is 96.4 Å². The lowest BCUT2D eigenvalue weighted by Gasteiger charge is -2.20. The van der Waals surface area contributed by atoms with Gasteiger partial charge in [0.25, 0.3) is 5.91 Å². The van der Waals surface area contributed by atoms with Gasteiger partial charge < -0.3 is 10.6 Å². The van der Waals surface area contributed by atoms with Gasteiger partial charge in [0.2, 0.25) is 15.9 Å². The Kier molecular flexibility index (Phi) is 6.95. The summed E-state index contributed by atoms with van der Waals surface area (Å²) in [4.78, 5) is 24.2. The molecule has 8 heteroatoms. The van der Waals surface area contributed by atoms with E-state index in [4.69, 9.17) is 0 Å². The first kappa shape index (κ1) is 24.9. The number of amides is 2. The predicted molar refractivity (Wildman–Crippen MR) is 142 cm³/mol. The maximum atomic E-state index is 13.0. The standard InChI is InChI=1S/C29H29N3O4S/c1-2-27(33)31-28-25-18-32(19-26(25)28)37(35,36)24-14-12-23(13-15-24)29(34)30-17-16-20-8-10-22(11-9-20)21-6-4-3-5-7-21/h2-15,25-26,28H,1,16-19H2,(H,30,34)(H,31,33). The van der Waals surface area contributed by atoms with Crippen LogP contribution in [0, 0.1) is 11.8 Å². The molecule has 2 N–H and O–H groups in total. The Bertz CT molecular complexity index is 1390. The number of fused-ring (bicyclic) bond motifs is 1. The lowest BCUT2D eigenvalue weighted by Crippen LogP contribution is -2.37. The number of sulfonamides is 1. The molecular weight excluding hydrogens is 486 g/mol. The Hall–Kier alpha value is -3.75. The molecule has 2 aliphatic rings. The second-order valence-electron chi connectivity index (χ2n) is 9.48. The average Bonchev–Trinajstić information content (AvgIpc) is 3.34. The SMILES string of the molecule is C=CC(=O)NC1C2CN(S(=O)(=O)c3ccc(C(=O)NCCc4ccc(-c5ccccc5)cc4)cc3)CC21. The molecule has 37 heavy (non-hydrogen) atoms. The van der Waals surface area contributed by atoms with Crippen molar-refractivity contribution in [2.24, 2.45) is 11.8 Å². The van der Waals surface area contributed by atoms with Gasteiger partial charge >= 0.3 is 0 Å². The summed E-state index contributed by atoms with van der Waals surface area (Å²) in [5, 5.41) is 5.75. The predicted octanol–water partition coefficient (Wildman–Crippen LogP) is 3.25. The van der Waals surface area contributed by atoms with Crippen LogP contribution >= 0.6 is 0 Å². The van der Waals surface area contributed by atoms with Crippen molar-refractivity contribution in [3.8, 4) is 11.1 Å². The van der Waals surface area contributed by atoms with Gasteiger partial charge in [0.05, 0.1) is 4.90 Å². The minimum atomic E-state index is -3.65. The monoisotopic (exact) mass is 515 g/mol. The summed E-state index contributed by atoms with van der Waals surface area (Å²) in [5.41, 5.74) is 3.84. The third-order valence-electron chi connectivity index (χ3n) is 7.17. The summed E-state index contributed by atoms with van der Waals surface area (Å²) in [6.07, 6.45) is 1.92. The van der Waals surface area contributed by atoms with E-state index >= 15 is 0 Å². The zero-order valence-corrected chi connectivity index (χ0v) is 21.2. The van der Waals surface area contributed by atoms with Crippen molar-refractivity contribution >= 4 is 21.8 Å². The lowest BCUT2D eigenvalue weighted by atomic mass is 10.0. The number of benzene rings is 3. The quantitative estimate of drug-likeness (QED) is 0.428. The zero-order valence-electron chi connectivity index (χ0n) is 20.3. The normalized spacial score (nSPS) is 20.6. The van der Waals surface area contributed by atoms with Gasteiger partial charge in [-0.2, -0.15) is 4.31 Å². The van der Waals surface area contributed by atoms with E-state index < -0.39 is 10.0 Å². The third kappa shape index (κ3) is 5.35. The minimum absolute atomic E-state index is 0.0184. The van der Waals surface area contributed by atoms with Gasteiger partial charge in [0.15, 0.2) is 0 Å². The summed E-state index contributed by atoms with van der Waals surface area (Å²) in [6.45, 7) is 4.68. The Morgan fingerprint density at radius 1 is 0.892 bits per heavy atom. The smallest absolute Gasteiger partial charge is 0.251 e. The molecule has 1 aliphatic heterocycles. The van der Waals surface area contributed by atoms with Crippen molar-refractivity contribution in [2.45, 2.75) is 17.4 Å². The number of hydrogen-bond acceptors (Lipinski definition) is 4. The lowest BCUT2D eigenvalue weighted by molar-refractivity contribution is -0.116. The first-order chi connectivity index (χ1) is 17.9. The van der Waals surface area contributed by atoms with Gasteiger partial charge in [-0.15, -0.1) is 0 Å². The fraction of sp³-hybridized carbons (Fsp3) is 0.241. The molecule has 0 radical (unpaired) electrons. The van der Waals surface area contributed by atoms with Crippen LogP contribution in [0.1, 0.15) is 15.9 Å². The van der Waals surface area contributed by atoms with Gasteiger partial charge in [-0.3, -0.25) is 9.59 Å². The van der Waals surface area contributed by atoms with Crippen molar-refractivity contribution in [1.82, 2.24) is 14.9 Å². The van der Waals surface area contributed by atoms with Crippen LogP contribution in [0.25, 0.3) is 11.1 Å². The van der Waals surface area contributed by atoms with Crippen LogP contribution < -0.4 is 10.6 Å². The van der Waals surface area contributed by atoms with E-state index in [9.17, 15) is 18.0 Å². The highest BCUT2D eigenvalue weighted by molar-refractivity contribution is 7.89. The summed E-state index contributed by atoms with van der Waals surface area (Å²) < 4.78 is 27.5. The molecule has 2 amide bonds. The largest absolute Gasteiger partial charge is 0.352 e. The Balaban J connectivity index is 1.11.